The fourth-order valence-corrected chi connectivity index (χ4v) is 5.44. The van der Waals surface area contributed by atoms with Crippen LogP contribution in [-0.2, 0) is 0 Å². The smallest absolute Gasteiger partial charge is 0.267 e. The number of nitrogens with one attached hydrogen (secondary N) is 3. The van der Waals surface area contributed by atoms with E-state index in [-0.39, 0.29) is 5.91 Å². The Morgan fingerprint density at radius 3 is 2.57 bits per heavy atom. The van der Waals surface area contributed by atoms with Gasteiger partial charge >= 0.3 is 0 Å². The minimum Gasteiger partial charge on any atom is -0.493 e. The molecule has 0 aliphatic heterocycles. The van der Waals surface area contributed by atoms with Crippen LogP contribution in [0.25, 0.3) is 10.4 Å². The molecule has 186 valence electrons. The Hall–Kier alpha value is -2.74. The number of thiophene rings is 1. The summed E-state index contributed by atoms with van der Waals surface area (Å²) >= 11 is 7.44. The third-order valence-electron chi connectivity index (χ3n) is 6.12. The summed E-state index contributed by atoms with van der Waals surface area (Å²) in [4.78, 5) is 14.7. The first-order chi connectivity index (χ1) is 17.1. The number of hydrogen-bond donors (Lipinski definition) is 3. The molecule has 8 heteroatoms. The average molecular weight is 514 g/mol. The van der Waals surface area contributed by atoms with Gasteiger partial charge in [-0.15, -0.1) is 11.3 Å². The highest BCUT2D eigenvalue weighted by Crippen LogP contribution is 2.36. The van der Waals surface area contributed by atoms with Gasteiger partial charge in [0.2, 0.25) is 0 Å². The van der Waals surface area contributed by atoms with Crippen molar-refractivity contribution in [2.24, 2.45) is 0 Å². The molecule has 35 heavy (non-hydrogen) atoms. The third kappa shape index (κ3) is 6.69. The van der Waals surface area contributed by atoms with Gasteiger partial charge in [-0.3, -0.25) is 4.79 Å². The zero-order chi connectivity index (χ0) is 24.6. The number of carbonyl (C=O) groups is 1. The highest BCUT2D eigenvalue weighted by molar-refractivity contribution is 7.18. The Kier molecular flexibility index (Phi) is 8.90. The summed E-state index contributed by atoms with van der Waals surface area (Å²) in [6, 6.07) is 15.7. The predicted molar refractivity (Wildman–Crippen MR) is 146 cm³/mol. The minimum absolute atomic E-state index is 0.187. The van der Waals surface area contributed by atoms with Gasteiger partial charge in [0.15, 0.2) is 11.5 Å². The van der Waals surface area contributed by atoms with Crippen molar-refractivity contribution in [2.75, 3.05) is 37.9 Å². The fourth-order valence-electron chi connectivity index (χ4n) is 4.24. The van der Waals surface area contributed by atoms with Crippen molar-refractivity contribution in [1.29, 1.82) is 0 Å². The van der Waals surface area contributed by atoms with Crippen molar-refractivity contribution < 1.29 is 14.3 Å². The van der Waals surface area contributed by atoms with Gasteiger partial charge in [-0.2, -0.15) is 0 Å². The SMILES string of the molecule is CNc1cc(-c2ccc(Cl)cc2)sc1C(=O)Nc1ccc(OCCCNC2CCCC2)c(OC)c1. The molecule has 1 aromatic heterocycles. The molecule has 0 radical (unpaired) electrons. The van der Waals surface area contributed by atoms with Crippen LogP contribution in [0.2, 0.25) is 5.02 Å². The summed E-state index contributed by atoms with van der Waals surface area (Å²) in [5, 5.41) is 10.4. The summed E-state index contributed by atoms with van der Waals surface area (Å²) in [6.45, 7) is 1.56. The Morgan fingerprint density at radius 1 is 1.09 bits per heavy atom. The van der Waals surface area contributed by atoms with E-state index in [1.54, 1.807) is 13.2 Å². The molecule has 2 aromatic carbocycles. The van der Waals surface area contributed by atoms with Crippen molar-refractivity contribution in [3.8, 4) is 21.9 Å². The first-order valence-corrected chi connectivity index (χ1v) is 13.2. The largest absolute Gasteiger partial charge is 0.493 e. The lowest BCUT2D eigenvalue weighted by molar-refractivity contribution is 0.103. The maximum Gasteiger partial charge on any atom is 0.267 e. The fraction of sp³-hybridized carbons (Fsp3) is 0.370. The van der Waals surface area contributed by atoms with Crippen LogP contribution in [-0.4, -0.2) is 39.3 Å². The van der Waals surface area contributed by atoms with E-state index in [0.29, 0.717) is 39.7 Å². The van der Waals surface area contributed by atoms with E-state index in [1.807, 2.05) is 49.5 Å². The third-order valence-corrected chi connectivity index (χ3v) is 7.56. The minimum atomic E-state index is -0.187. The van der Waals surface area contributed by atoms with Crippen LogP contribution in [0.5, 0.6) is 11.5 Å². The van der Waals surface area contributed by atoms with Gasteiger partial charge in [-0.05, 0) is 61.7 Å². The van der Waals surface area contributed by atoms with Crippen LogP contribution in [0, 0.1) is 0 Å². The summed E-state index contributed by atoms with van der Waals surface area (Å²) in [6.07, 6.45) is 6.16. The highest BCUT2D eigenvalue weighted by atomic mass is 35.5. The second-order valence-electron chi connectivity index (χ2n) is 8.57. The zero-order valence-electron chi connectivity index (χ0n) is 20.2. The van der Waals surface area contributed by atoms with Gasteiger partial charge in [0, 0.05) is 34.7 Å². The lowest BCUT2D eigenvalue weighted by atomic mass is 10.2. The average Bonchev–Trinajstić information content (AvgIpc) is 3.55. The molecule has 1 saturated carbocycles. The van der Waals surface area contributed by atoms with E-state index in [4.69, 9.17) is 21.1 Å². The normalized spacial score (nSPS) is 13.6. The second kappa shape index (κ2) is 12.3. The van der Waals surface area contributed by atoms with Crippen LogP contribution in [0.15, 0.2) is 48.5 Å². The van der Waals surface area contributed by atoms with Crippen molar-refractivity contribution >= 4 is 40.2 Å². The number of amides is 1. The van der Waals surface area contributed by atoms with Crippen LogP contribution in [0.3, 0.4) is 0 Å². The molecule has 4 rings (SSSR count). The van der Waals surface area contributed by atoms with E-state index >= 15 is 0 Å². The number of halogens is 1. The summed E-state index contributed by atoms with van der Waals surface area (Å²) in [5.74, 6) is 1.07. The Balaban J connectivity index is 1.37. The molecule has 3 aromatic rings. The van der Waals surface area contributed by atoms with Crippen LogP contribution >= 0.6 is 22.9 Å². The molecular weight excluding hydrogens is 482 g/mol. The number of rotatable bonds is 11. The number of methoxy groups -OCH3 is 1. The van der Waals surface area contributed by atoms with E-state index < -0.39 is 0 Å². The second-order valence-corrected chi connectivity index (χ2v) is 10.1. The lowest BCUT2D eigenvalue weighted by Gasteiger charge is -2.14. The lowest BCUT2D eigenvalue weighted by Crippen LogP contribution is -2.27. The number of ether oxygens (including phenoxy) is 2. The monoisotopic (exact) mass is 513 g/mol. The first kappa shape index (κ1) is 25.4. The number of anilines is 2. The number of hydrogen-bond acceptors (Lipinski definition) is 6. The topological polar surface area (TPSA) is 71.6 Å². The molecule has 6 nitrogen and oxygen atoms in total. The van der Waals surface area contributed by atoms with Gasteiger partial charge in [-0.25, -0.2) is 0 Å². The van der Waals surface area contributed by atoms with Gasteiger partial charge < -0.3 is 25.4 Å². The summed E-state index contributed by atoms with van der Waals surface area (Å²) in [5.41, 5.74) is 2.43. The van der Waals surface area contributed by atoms with Crippen LogP contribution in [0.1, 0.15) is 41.8 Å². The number of benzene rings is 2. The van der Waals surface area contributed by atoms with Crippen LogP contribution < -0.4 is 25.4 Å². The molecule has 0 saturated heterocycles. The molecule has 1 fully saturated rings. The predicted octanol–water partition coefficient (Wildman–Crippen LogP) is 6.67. The van der Waals surface area contributed by atoms with Crippen molar-refractivity contribution in [3.05, 3.63) is 58.4 Å². The van der Waals surface area contributed by atoms with Gasteiger partial charge in [0.1, 0.15) is 4.88 Å². The Morgan fingerprint density at radius 2 is 1.86 bits per heavy atom. The number of carbonyl (C=O) groups excluding carboxylic acids is 1. The van der Waals surface area contributed by atoms with E-state index in [1.165, 1.54) is 37.0 Å². The zero-order valence-corrected chi connectivity index (χ0v) is 21.7. The quantitative estimate of drug-likeness (QED) is 0.250. The molecule has 1 aliphatic carbocycles. The highest BCUT2D eigenvalue weighted by Gasteiger charge is 2.18. The molecule has 3 N–H and O–H groups in total. The molecule has 0 spiro atoms. The maximum absolute atomic E-state index is 13.1. The molecule has 1 heterocycles. The first-order valence-electron chi connectivity index (χ1n) is 12.0. The molecule has 0 bridgehead atoms. The van der Waals surface area contributed by atoms with Crippen molar-refractivity contribution in [1.82, 2.24) is 5.32 Å². The van der Waals surface area contributed by atoms with Gasteiger partial charge in [-0.1, -0.05) is 36.6 Å². The van der Waals surface area contributed by atoms with Crippen molar-refractivity contribution in [2.45, 2.75) is 38.1 Å². The van der Waals surface area contributed by atoms with Crippen LogP contribution in [0.4, 0.5) is 11.4 Å². The molecular formula is C27H32ClN3O3S. The van der Waals surface area contributed by atoms with E-state index in [2.05, 4.69) is 16.0 Å². The standard InChI is InChI=1S/C27H32ClN3O3S/c1-29-22-17-25(18-8-10-19(28)11-9-18)35-26(22)27(32)31-21-12-13-23(24(16-21)33-2)34-15-5-14-30-20-6-3-4-7-20/h8-13,16-17,20,29-30H,3-7,14-15H2,1-2H3,(H,31,32). The molecule has 0 atom stereocenters. The van der Waals surface area contributed by atoms with E-state index in [9.17, 15) is 4.79 Å². The van der Waals surface area contributed by atoms with E-state index in [0.717, 1.165) is 29.1 Å². The van der Waals surface area contributed by atoms with Gasteiger partial charge in [0.25, 0.3) is 5.91 Å². The Bertz CT molecular complexity index is 1130. The molecule has 1 amide bonds. The summed E-state index contributed by atoms with van der Waals surface area (Å²) < 4.78 is 11.5. The van der Waals surface area contributed by atoms with Gasteiger partial charge in [0.05, 0.1) is 19.4 Å². The van der Waals surface area contributed by atoms with Crippen molar-refractivity contribution in [3.63, 3.8) is 0 Å². The Labute approximate surface area is 216 Å². The maximum atomic E-state index is 13.1. The summed E-state index contributed by atoms with van der Waals surface area (Å²) in [7, 11) is 3.41. The molecule has 1 aliphatic rings. The molecule has 0 unspecified atom stereocenters.